The molecule has 0 atom stereocenters. The van der Waals surface area contributed by atoms with E-state index in [1.54, 1.807) is 19.2 Å². The van der Waals surface area contributed by atoms with Crippen molar-refractivity contribution < 1.29 is 14.3 Å². The molecule has 0 aliphatic carbocycles. The number of ether oxygens (including phenoxy) is 1. The Morgan fingerprint density at radius 2 is 2.24 bits per heavy atom. The quantitative estimate of drug-likeness (QED) is 0.643. The van der Waals surface area contributed by atoms with Crippen LogP contribution in [0, 0.1) is 0 Å². The number of rotatable bonds is 6. The van der Waals surface area contributed by atoms with E-state index in [-0.39, 0.29) is 23.0 Å². The number of thiazole rings is 1. The SMILES string of the molecule is CCOC(=O)c1nc(NCc2cccnn2)sc1C(C)=O. The molecule has 8 heteroatoms. The van der Waals surface area contributed by atoms with Gasteiger partial charge in [0, 0.05) is 13.1 Å². The number of anilines is 1. The summed E-state index contributed by atoms with van der Waals surface area (Å²) in [5, 5.41) is 11.2. The minimum absolute atomic E-state index is 0.0518. The van der Waals surface area contributed by atoms with Crippen LogP contribution < -0.4 is 5.32 Å². The zero-order chi connectivity index (χ0) is 15.2. The van der Waals surface area contributed by atoms with Crippen molar-refractivity contribution in [1.82, 2.24) is 15.2 Å². The lowest BCUT2D eigenvalue weighted by Gasteiger charge is -2.00. The van der Waals surface area contributed by atoms with Gasteiger partial charge < -0.3 is 10.1 Å². The first-order valence-electron chi connectivity index (χ1n) is 6.31. The average Bonchev–Trinajstić information content (AvgIpc) is 2.91. The Labute approximate surface area is 125 Å². The Hall–Kier alpha value is -2.35. The van der Waals surface area contributed by atoms with Gasteiger partial charge in [-0.25, -0.2) is 9.78 Å². The van der Waals surface area contributed by atoms with Crippen molar-refractivity contribution >= 4 is 28.2 Å². The number of carbonyl (C=O) groups excluding carboxylic acids is 2. The van der Waals surface area contributed by atoms with Gasteiger partial charge in [-0.2, -0.15) is 10.2 Å². The third-order valence-electron chi connectivity index (χ3n) is 2.46. The Morgan fingerprint density at radius 3 is 2.86 bits per heavy atom. The zero-order valence-electron chi connectivity index (χ0n) is 11.6. The number of Topliss-reactive ketones (excluding diaryl/α,β-unsaturated/α-hetero) is 1. The molecule has 0 aliphatic rings. The summed E-state index contributed by atoms with van der Waals surface area (Å²) in [5.41, 5.74) is 0.783. The van der Waals surface area contributed by atoms with E-state index in [0.29, 0.717) is 11.7 Å². The molecule has 0 bridgehead atoms. The van der Waals surface area contributed by atoms with Crippen molar-refractivity contribution in [2.45, 2.75) is 20.4 Å². The number of nitrogens with one attached hydrogen (secondary N) is 1. The molecule has 2 aromatic heterocycles. The highest BCUT2D eigenvalue weighted by Gasteiger charge is 2.22. The highest BCUT2D eigenvalue weighted by atomic mass is 32.1. The maximum atomic E-state index is 11.8. The van der Waals surface area contributed by atoms with Crippen LogP contribution in [0.1, 0.15) is 39.7 Å². The molecule has 2 rings (SSSR count). The van der Waals surface area contributed by atoms with Crippen LogP contribution in [0.3, 0.4) is 0 Å². The predicted molar refractivity (Wildman–Crippen MR) is 77.4 cm³/mol. The second-order valence-electron chi connectivity index (χ2n) is 4.04. The van der Waals surface area contributed by atoms with Gasteiger partial charge >= 0.3 is 5.97 Å². The number of carbonyl (C=O) groups is 2. The van der Waals surface area contributed by atoms with Crippen LogP contribution in [0.4, 0.5) is 5.13 Å². The van der Waals surface area contributed by atoms with Crippen molar-refractivity contribution in [2.24, 2.45) is 0 Å². The molecule has 0 fully saturated rings. The normalized spacial score (nSPS) is 10.2. The summed E-state index contributed by atoms with van der Waals surface area (Å²) in [6, 6.07) is 3.59. The fourth-order valence-corrected chi connectivity index (χ4v) is 2.41. The van der Waals surface area contributed by atoms with Gasteiger partial charge in [0.2, 0.25) is 0 Å². The van der Waals surface area contributed by atoms with Crippen LogP contribution in [-0.2, 0) is 11.3 Å². The molecule has 1 N–H and O–H groups in total. The molecule has 0 saturated heterocycles. The number of hydrogen-bond acceptors (Lipinski definition) is 8. The molecule has 0 spiro atoms. The smallest absolute Gasteiger partial charge is 0.358 e. The van der Waals surface area contributed by atoms with Gasteiger partial charge in [0.1, 0.15) is 4.88 Å². The number of esters is 1. The highest BCUT2D eigenvalue weighted by molar-refractivity contribution is 7.17. The Kier molecular flexibility index (Phi) is 4.94. The Morgan fingerprint density at radius 1 is 1.43 bits per heavy atom. The van der Waals surface area contributed by atoms with E-state index in [4.69, 9.17) is 4.74 Å². The van der Waals surface area contributed by atoms with Crippen molar-refractivity contribution in [1.29, 1.82) is 0 Å². The third-order valence-corrected chi connectivity index (χ3v) is 3.58. The molecular formula is C13H14N4O3S. The van der Waals surface area contributed by atoms with Crippen LogP contribution >= 0.6 is 11.3 Å². The average molecular weight is 306 g/mol. The molecule has 110 valence electrons. The first-order chi connectivity index (χ1) is 10.1. The zero-order valence-corrected chi connectivity index (χ0v) is 12.4. The third kappa shape index (κ3) is 3.82. The van der Waals surface area contributed by atoms with Gasteiger partial charge in [-0.1, -0.05) is 11.3 Å². The molecule has 21 heavy (non-hydrogen) atoms. The highest BCUT2D eigenvalue weighted by Crippen LogP contribution is 2.24. The van der Waals surface area contributed by atoms with Gasteiger partial charge in [-0.3, -0.25) is 4.79 Å². The Bertz CT molecular complexity index is 642. The molecule has 0 saturated carbocycles. The molecular weight excluding hydrogens is 292 g/mol. The van der Waals surface area contributed by atoms with E-state index < -0.39 is 5.97 Å². The summed E-state index contributed by atoms with van der Waals surface area (Å²) in [7, 11) is 0. The van der Waals surface area contributed by atoms with E-state index >= 15 is 0 Å². The van der Waals surface area contributed by atoms with Gasteiger partial charge in [0.05, 0.1) is 18.8 Å². The minimum Gasteiger partial charge on any atom is -0.461 e. The molecule has 2 heterocycles. The largest absolute Gasteiger partial charge is 0.461 e. The lowest BCUT2D eigenvalue weighted by molar-refractivity contribution is 0.0517. The number of hydrogen-bond donors (Lipinski definition) is 1. The van der Waals surface area contributed by atoms with Crippen LogP contribution in [0.2, 0.25) is 0 Å². The van der Waals surface area contributed by atoms with Crippen molar-refractivity contribution in [2.75, 3.05) is 11.9 Å². The number of nitrogens with zero attached hydrogens (tertiary/aromatic N) is 3. The van der Waals surface area contributed by atoms with E-state index in [0.717, 1.165) is 17.0 Å². The molecule has 2 aromatic rings. The van der Waals surface area contributed by atoms with Crippen molar-refractivity contribution in [3.8, 4) is 0 Å². The summed E-state index contributed by atoms with van der Waals surface area (Å²) < 4.78 is 4.90. The summed E-state index contributed by atoms with van der Waals surface area (Å²) >= 11 is 1.12. The van der Waals surface area contributed by atoms with E-state index in [9.17, 15) is 9.59 Å². The molecule has 0 aliphatic heterocycles. The lowest BCUT2D eigenvalue weighted by Crippen LogP contribution is -2.09. The topological polar surface area (TPSA) is 94.1 Å². The van der Waals surface area contributed by atoms with Crippen molar-refractivity contribution in [3.05, 3.63) is 34.6 Å². The van der Waals surface area contributed by atoms with E-state index in [1.165, 1.54) is 6.92 Å². The second-order valence-corrected chi connectivity index (χ2v) is 5.04. The summed E-state index contributed by atoms with van der Waals surface area (Å²) in [6.45, 7) is 3.73. The van der Waals surface area contributed by atoms with Gasteiger partial charge in [0.25, 0.3) is 0 Å². The summed E-state index contributed by atoms with van der Waals surface area (Å²) in [4.78, 5) is 27.8. The standard InChI is InChI=1S/C13H14N4O3S/c1-3-20-12(19)10-11(8(2)18)21-13(16-10)14-7-9-5-4-6-15-17-9/h4-6H,3,7H2,1-2H3,(H,14,16). The first kappa shape index (κ1) is 15.0. The van der Waals surface area contributed by atoms with Gasteiger partial charge in [-0.05, 0) is 19.1 Å². The fraction of sp³-hybridized carbons (Fsp3) is 0.308. The van der Waals surface area contributed by atoms with Crippen LogP contribution in [-0.4, -0.2) is 33.5 Å². The maximum absolute atomic E-state index is 11.8. The summed E-state index contributed by atoms with van der Waals surface area (Å²) in [6.07, 6.45) is 1.58. The monoisotopic (exact) mass is 306 g/mol. The second kappa shape index (κ2) is 6.89. The molecule has 0 amide bonds. The lowest BCUT2D eigenvalue weighted by atomic mass is 10.3. The molecule has 7 nitrogen and oxygen atoms in total. The van der Waals surface area contributed by atoms with Gasteiger partial charge in [0.15, 0.2) is 16.6 Å². The summed E-state index contributed by atoms with van der Waals surface area (Å²) in [5.74, 6) is -0.811. The van der Waals surface area contributed by atoms with Crippen LogP contribution in [0.25, 0.3) is 0 Å². The van der Waals surface area contributed by atoms with E-state index in [1.807, 2.05) is 6.07 Å². The fourth-order valence-electron chi connectivity index (χ4n) is 1.57. The predicted octanol–water partition coefficient (Wildman–Crippen LogP) is 1.92. The minimum atomic E-state index is -0.591. The van der Waals surface area contributed by atoms with Gasteiger partial charge in [-0.15, -0.1) is 0 Å². The number of ketones is 1. The Balaban J connectivity index is 2.15. The first-order valence-corrected chi connectivity index (χ1v) is 7.12. The maximum Gasteiger partial charge on any atom is 0.358 e. The molecule has 0 radical (unpaired) electrons. The van der Waals surface area contributed by atoms with Crippen LogP contribution in [0.15, 0.2) is 18.3 Å². The molecule has 0 unspecified atom stereocenters. The number of aromatic nitrogens is 3. The van der Waals surface area contributed by atoms with E-state index in [2.05, 4.69) is 20.5 Å². The molecule has 0 aromatic carbocycles. The van der Waals surface area contributed by atoms with Crippen LogP contribution in [0.5, 0.6) is 0 Å². The van der Waals surface area contributed by atoms with Crippen molar-refractivity contribution in [3.63, 3.8) is 0 Å².